The van der Waals surface area contributed by atoms with Crippen molar-refractivity contribution in [2.45, 2.75) is 25.9 Å². The number of fused-ring (bicyclic) bond motifs is 1. The van der Waals surface area contributed by atoms with Crippen LogP contribution in [-0.4, -0.2) is 24.9 Å². The molecule has 26 heavy (non-hydrogen) atoms. The van der Waals surface area contributed by atoms with Crippen molar-refractivity contribution in [2.75, 3.05) is 17.3 Å². The number of hydrogen-bond acceptors (Lipinski definition) is 7. The summed E-state index contributed by atoms with van der Waals surface area (Å²) in [6, 6.07) is 12.9. The SMILES string of the molecule is CC1NOC(COc2ccc(NC(=O)c3cccc4c3NNC4)cc2)N1. The molecule has 2 aliphatic rings. The molecule has 2 heterocycles. The number of amides is 1. The van der Waals surface area contributed by atoms with E-state index in [0.717, 1.165) is 11.3 Å². The van der Waals surface area contributed by atoms with Gasteiger partial charge in [0.05, 0.1) is 17.4 Å². The first kappa shape index (κ1) is 16.8. The van der Waals surface area contributed by atoms with Crippen molar-refractivity contribution in [1.82, 2.24) is 16.2 Å². The third-order valence-electron chi connectivity index (χ3n) is 4.22. The maximum absolute atomic E-state index is 12.5. The molecule has 0 bridgehead atoms. The number of ether oxygens (including phenoxy) is 1. The molecule has 0 radical (unpaired) electrons. The molecule has 1 saturated heterocycles. The number of para-hydroxylation sites is 1. The lowest BCUT2D eigenvalue weighted by molar-refractivity contribution is -0.00166. The number of rotatable bonds is 5. The van der Waals surface area contributed by atoms with Gasteiger partial charge in [-0.2, -0.15) is 5.48 Å². The van der Waals surface area contributed by atoms with E-state index in [1.54, 1.807) is 6.07 Å². The molecule has 2 aromatic carbocycles. The van der Waals surface area contributed by atoms with Gasteiger partial charge in [-0.1, -0.05) is 12.1 Å². The molecule has 0 aromatic heterocycles. The number of hydroxylamine groups is 1. The summed E-state index contributed by atoms with van der Waals surface area (Å²) in [7, 11) is 0. The van der Waals surface area contributed by atoms with Gasteiger partial charge in [0.2, 0.25) is 0 Å². The third-order valence-corrected chi connectivity index (χ3v) is 4.22. The summed E-state index contributed by atoms with van der Waals surface area (Å²) in [5.74, 6) is 0.551. The molecule has 2 unspecified atom stereocenters. The Hall–Kier alpha value is -2.65. The van der Waals surface area contributed by atoms with Gasteiger partial charge in [-0.05, 0) is 42.8 Å². The topological polar surface area (TPSA) is 95.7 Å². The first-order valence-electron chi connectivity index (χ1n) is 8.51. The Bertz CT molecular complexity index is 796. The van der Waals surface area contributed by atoms with Crippen molar-refractivity contribution in [3.05, 3.63) is 53.6 Å². The van der Waals surface area contributed by atoms with E-state index in [0.29, 0.717) is 30.2 Å². The van der Waals surface area contributed by atoms with E-state index in [9.17, 15) is 4.79 Å². The minimum absolute atomic E-state index is 0.102. The highest BCUT2D eigenvalue weighted by Crippen LogP contribution is 2.25. The van der Waals surface area contributed by atoms with Crippen LogP contribution in [0.5, 0.6) is 5.75 Å². The van der Waals surface area contributed by atoms with Crippen LogP contribution in [-0.2, 0) is 11.4 Å². The Labute approximate surface area is 151 Å². The van der Waals surface area contributed by atoms with Gasteiger partial charge in [-0.3, -0.25) is 14.9 Å². The van der Waals surface area contributed by atoms with E-state index in [1.165, 1.54) is 0 Å². The van der Waals surface area contributed by atoms with Crippen LogP contribution in [0.25, 0.3) is 0 Å². The van der Waals surface area contributed by atoms with E-state index >= 15 is 0 Å². The molecule has 4 rings (SSSR count). The highest BCUT2D eigenvalue weighted by atomic mass is 16.7. The van der Waals surface area contributed by atoms with Crippen LogP contribution in [0.3, 0.4) is 0 Å². The predicted octanol–water partition coefficient (Wildman–Crippen LogP) is 1.54. The molecule has 8 nitrogen and oxygen atoms in total. The molecular formula is C18H21N5O3. The summed E-state index contributed by atoms with van der Waals surface area (Å²) >= 11 is 0. The zero-order valence-corrected chi connectivity index (χ0v) is 14.3. The number of hydrazine groups is 1. The fourth-order valence-corrected chi connectivity index (χ4v) is 2.93. The van der Waals surface area contributed by atoms with Crippen molar-refractivity contribution in [3.8, 4) is 5.75 Å². The molecule has 0 aliphatic carbocycles. The lowest BCUT2D eigenvalue weighted by atomic mass is 10.1. The maximum atomic E-state index is 12.5. The van der Waals surface area contributed by atoms with Gasteiger partial charge in [-0.15, -0.1) is 0 Å². The van der Waals surface area contributed by atoms with Gasteiger partial charge >= 0.3 is 0 Å². The number of carbonyl (C=O) groups is 1. The average molecular weight is 355 g/mol. The van der Waals surface area contributed by atoms with E-state index in [4.69, 9.17) is 9.57 Å². The second-order valence-electron chi connectivity index (χ2n) is 6.22. The van der Waals surface area contributed by atoms with Crippen molar-refractivity contribution >= 4 is 17.3 Å². The Balaban J connectivity index is 1.35. The first-order valence-corrected chi connectivity index (χ1v) is 8.51. The Kier molecular flexibility index (Phi) is 4.72. The summed E-state index contributed by atoms with van der Waals surface area (Å²) < 4.78 is 5.68. The Morgan fingerprint density at radius 3 is 2.88 bits per heavy atom. The summed E-state index contributed by atoms with van der Waals surface area (Å²) in [5, 5.41) is 6.08. The van der Waals surface area contributed by atoms with Crippen LogP contribution in [0.2, 0.25) is 0 Å². The minimum Gasteiger partial charge on any atom is -0.489 e. The Morgan fingerprint density at radius 1 is 1.27 bits per heavy atom. The molecular weight excluding hydrogens is 334 g/mol. The van der Waals surface area contributed by atoms with Crippen molar-refractivity contribution < 1.29 is 14.4 Å². The van der Waals surface area contributed by atoms with Crippen molar-refractivity contribution in [3.63, 3.8) is 0 Å². The molecule has 1 amide bonds. The molecule has 2 aromatic rings. The van der Waals surface area contributed by atoms with Gasteiger partial charge in [0.15, 0.2) is 6.23 Å². The largest absolute Gasteiger partial charge is 0.489 e. The van der Waals surface area contributed by atoms with Gasteiger partial charge in [0, 0.05) is 12.2 Å². The quantitative estimate of drug-likeness (QED) is 0.555. The molecule has 5 N–H and O–H groups in total. The highest BCUT2D eigenvalue weighted by Gasteiger charge is 2.21. The van der Waals surface area contributed by atoms with Crippen LogP contribution in [0.1, 0.15) is 22.8 Å². The molecule has 2 aliphatic heterocycles. The van der Waals surface area contributed by atoms with E-state index in [2.05, 4.69) is 27.0 Å². The van der Waals surface area contributed by atoms with Crippen LogP contribution in [0.15, 0.2) is 42.5 Å². The molecule has 136 valence electrons. The van der Waals surface area contributed by atoms with E-state index in [-0.39, 0.29) is 18.3 Å². The third kappa shape index (κ3) is 3.63. The standard InChI is InChI=1S/C18H21N5O3/c1-11-20-16(26-23-11)10-25-14-7-5-13(6-8-14)21-18(24)15-4-2-3-12-9-19-22-17(12)15/h2-8,11,16,19-20,22-23H,9-10H2,1H3,(H,21,24). The summed E-state index contributed by atoms with van der Waals surface area (Å²) in [5.41, 5.74) is 12.1. The van der Waals surface area contributed by atoms with Crippen LogP contribution < -0.4 is 31.7 Å². The fourth-order valence-electron chi connectivity index (χ4n) is 2.93. The zero-order chi connectivity index (χ0) is 17.9. The second kappa shape index (κ2) is 7.30. The van der Waals surface area contributed by atoms with Gasteiger partial charge in [-0.25, -0.2) is 5.43 Å². The smallest absolute Gasteiger partial charge is 0.257 e. The number of carbonyl (C=O) groups excluding carboxylic acids is 1. The molecule has 0 spiro atoms. The zero-order valence-electron chi connectivity index (χ0n) is 14.3. The second-order valence-corrected chi connectivity index (χ2v) is 6.22. The summed E-state index contributed by atoms with van der Waals surface area (Å²) in [4.78, 5) is 17.8. The summed E-state index contributed by atoms with van der Waals surface area (Å²) in [6.07, 6.45) is -0.0871. The molecule has 8 heteroatoms. The van der Waals surface area contributed by atoms with Gasteiger partial charge < -0.3 is 15.5 Å². The predicted molar refractivity (Wildman–Crippen MR) is 97.4 cm³/mol. The fraction of sp³-hybridized carbons (Fsp3) is 0.278. The molecule has 1 fully saturated rings. The minimum atomic E-state index is -0.189. The maximum Gasteiger partial charge on any atom is 0.257 e. The highest BCUT2D eigenvalue weighted by molar-refractivity contribution is 6.08. The van der Waals surface area contributed by atoms with Crippen LogP contribution >= 0.6 is 0 Å². The van der Waals surface area contributed by atoms with Crippen LogP contribution in [0.4, 0.5) is 11.4 Å². The lowest BCUT2D eigenvalue weighted by Gasteiger charge is -2.12. The monoisotopic (exact) mass is 355 g/mol. The van der Waals surface area contributed by atoms with E-state index < -0.39 is 0 Å². The number of anilines is 2. The van der Waals surface area contributed by atoms with Crippen molar-refractivity contribution in [1.29, 1.82) is 0 Å². The van der Waals surface area contributed by atoms with Crippen molar-refractivity contribution in [2.24, 2.45) is 0 Å². The number of hydrogen-bond donors (Lipinski definition) is 5. The average Bonchev–Trinajstić information content (AvgIpc) is 3.29. The molecule has 0 saturated carbocycles. The number of benzene rings is 2. The van der Waals surface area contributed by atoms with Gasteiger partial charge in [0.25, 0.3) is 5.91 Å². The molecule has 2 atom stereocenters. The first-order chi connectivity index (χ1) is 12.7. The summed E-state index contributed by atoms with van der Waals surface area (Å²) in [6.45, 7) is 3.05. The van der Waals surface area contributed by atoms with E-state index in [1.807, 2.05) is 43.3 Å². The lowest BCUT2D eigenvalue weighted by Crippen LogP contribution is -2.33. The Morgan fingerprint density at radius 2 is 2.12 bits per heavy atom. The number of nitrogens with one attached hydrogen (secondary N) is 5. The van der Waals surface area contributed by atoms with Gasteiger partial charge in [0.1, 0.15) is 12.4 Å². The van der Waals surface area contributed by atoms with Crippen LogP contribution in [0, 0.1) is 0 Å². The normalized spacial score (nSPS) is 21.1.